The summed E-state index contributed by atoms with van der Waals surface area (Å²) in [6, 6.07) is 16.5. The van der Waals surface area contributed by atoms with Crippen LogP contribution in [0.3, 0.4) is 0 Å². The number of aromatic nitrogens is 3. The Balaban J connectivity index is 1.76. The molecule has 0 atom stereocenters. The second-order valence-electron chi connectivity index (χ2n) is 8.81. The van der Waals surface area contributed by atoms with E-state index in [0.717, 1.165) is 22.0 Å². The highest BCUT2D eigenvalue weighted by Gasteiger charge is 2.22. The van der Waals surface area contributed by atoms with Crippen molar-refractivity contribution in [3.8, 4) is 5.82 Å². The van der Waals surface area contributed by atoms with Gasteiger partial charge in [-0.05, 0) is 36.1 Å². The first-order valence-electron chi connectivity index (χ1n) is 10.1. The highest BCUT2D eigenvalue weighted by atomic mass is 32.2. The quantitative estimate of drug-likeness (QED) is 0.508. The summed E-state index contributed by atoms with van der Waals surface area (Å²) >= 11 is 0. The van der Waals surface area contributed by atoms with Crippen LogP contribution < -0.4 is 5.73 Å². The molecule has 0 fully saturated rings. The van der Waals surface area contributed by atoms with Gasteiger partial charge in [0.1, 0.15) is 0 Å². The minimum Gasteiger partial charge on any atom is -0.397 e. The summed E-state index contributed by atoms with van der Waals surface area (Å²) in [5.74, 6) is 0.384. The fourth-order valence-electron chi connectivity index (χ4n) is 3.65. The van der Waals surface area contributed by atoms with Gasteiger partial charge in [-0.1, -0.05) is 57.2 Å². The van der Waals surface area contributed by atoms with Gasteiger partial charge in [0.15, 0.2) is 15.7 Å². The zero-order chi connectivity index (χ0) is 22.4. The van der Waals surface area contributed by atoms with Gasteiger partial charge < -0.3 is 5.73 Å². The van der Waals surface area contributed by atoms with Crippen LogP contribution in [0.1, 0.15) is 37.7 Å². The van der Waals surface area contributed by atoms with Gasteiger partial charge in [0.25, 0.3) is 0 Å². The van der Waals surface area contributed by atoms with Crippen LogP contribution in [-0.2, 0) is 21.0 Å². The lowest BCUT2D eigenvalue weighted by Gasteiger charge is -2.19. The molecular formula is C24H26N4O2S. The zero-order valence-electron chi connectivity index (χ0n) is 18.1. The minimum atomic E-state index is -3.57. The minimum absolute atomic E-state index is 0.0418. The molecule has 4 aromatic rings. The summed E-state index contributed by atoms with van der Waals surface area (Å²) in [7, 11) is -3.57. The Morgan fingerprint density at radius 1 is 1.00 bits per heavy atom. The van der Waals surface area contributed by atoms with Crippen molar-refractivity contribution in [2.45, 2.75) is 43.8 Å². The standard InChI is InChI=1S/C24H26N4O2S/c1-16-13-18(15-31(29,30)19-11-9-17(10-12-19)24(2,3)4)28(27-16)23-21-8-6-5-7-20(21)22(25)14-26-23/h5-14H,15,25H2,1-4H3. The van der Waals surface area contributed by atoms with Crippen molar-refractivity contribution in [3.63, 3.8) is 0 Å². The Kier molecular flexibility index (Phi) is 5.09. The number of nitrogens with two attached hydrogens (primary N) is 1. The second-order valence-corrected chi connectivity index (χ2v) is 10.8. The third-order valence-corrected chi connectivity index (χ3v) is 6.99. The topological polar surface area (TPSA) is 90.9 Å². The Bertz CT molecular complexity index is 1370. The molecule has 0 radical (unpaired) electrons. The molecule has 6 nitrogen and oxygen atoms in total. The number of sulfone groups is 1. The van der Waals surface area contributed by atoms with E-state index in [2.05, 4.69) is 30.9 Å². The second kappa shape index (κ2) is 7.50. The van der Waals surface area contributed by atoms with E-state index >= 15 is 0 Å². The Hall–Kier alpha value is -3.19. The molecule has 0 saturated heterocycles. The molecule has 4 rings (SSSR count). The number of nitrogen functional groups attached to an aromatic ring is 1. The molecule has 0 aliphatic heterocycles. The Morgan fingerprint density at radius 3 is 2.29 bits per heavy atom. The van der Waals surface area contributed by atoms with Crippen molar-refractivity contribution in [3.05, 3.63) is 77.7 Å². The van der Waals surface area contributed by atoms with Crippen molar-refractivity contribution < 1.29 is 8.42 Å². The van der Waals surface area contributed by atoms with Crippen LogP contribution in [0, 0.1) is 6.92 Å². The van der Waals surface area contributed by atoms with E-state index in [-0.39, 0.29) is 11.2 Å². The van der Waals surface area contributed by atoms with Gasteiger partial charge in [-0.3, -0.25) is 0 Å². The van der Waals surface area contributed by atoms with E-state index in [1.807, 2.05) is 43.3 Å². The first-order valence-corrected chi connectivity index (χ1v) is 11.7. The largest absolute Gasteiger partial charge is 0.397 e. The summed E-state index contributed by atoms with van der Waals surface area (Å²) in [6.07, 6.45) is 1.58. The lowest BCUT2D eigenvalue weighted by atomic mass is 9.87. The molecule has 0 spiro atoms. The molecular weight excluding hydrogens is 408 g/mol. The number of fused-ring (bicyclic) bond motifs is 1. The van der Waals surface area contributed by atoms with Crippen LogP contribution in [0.5, 0.6) is 0 Å². The molecule has 0 saturated carbocycles. The Morgan fingerprint density at radius 2 is 1.65 bits per heavy atom. The molecule has 0 aliphatic rings. The molecule has 2 heterocycles. The summed E-state index contributed by atoms with van der Waals surface area (Å²) in [5.41, 5.74) is 8.96. The predicted molar refractivity (Wildman–Crippen MR) is 124 cm³/mol. The van der Waals surface area contributed by atoms with Crippen LogP contribution in [0.15, 0.2) is 65.7 Å². The van der Waals surface area contributed by atoms with E-state index in [1.54, 1.807) is 29.1 Å². The van der Waals surface area contributed by atoms with Crippen LogP contribution in [-0.4, -0.2) is 23.2 Å². The van der Waals surface area contributed by atoms with Crippen LogP contribution in [0.2, 0.25) is 0 Å². The third-order valence-electron chi connectivity index (χ3n) is 5.33. The molecule has 0 aliphatic carbocycles. The van der Waals surface area contributed by atoms with Gasteiger partial charge in [0.05, 0.1) is 33.9 Å². The summed E-state index contributed by atoms with van der Waals surface area (Å²) in [6.45, 7) is 8.13. The summed E-state index contributed by atoms with van der Waals surface area (Å²) in [4.78, 5) is 4.77. The maximum absolute atomic E-state index is 13.2. The number of rotatable bonds is 4. The monoisotopic (exact) mass is 434 g/mol. The Labute approximate surface area is 182 Å². The average molecular weight is 435 g/mol. The molecule has 0 bridgehead atoms. The van der Waals surface area contributed by atoms with Crippen LogP contribution in [0.4, 0.5) is 5.69 Å². The number of anilines is 1. The molecule has 0 amide bonds. The molecule has 0 unspecified atom stereocenters. The van der Waals surface area contributed by atoms with Gasteiger partial charge in [0.2, 0.25) is 0 Å². The lowest BCUT2D eigenvalue weighted by Crippen LogP contribution is -2.13. The molecule has 7 heteroatoms. The summed E-state index contributed by atoms with van der Waals surface area (Å²) < 4.78 is 28.0. The number of nitrogens with zero attached hydrogens (tertiary/aromatic N) is 3. The molecule has 160 valence electrons. The molecule has 2 N–H and O–H groups in total. The normalized spacial score (nSPS) is 12.4. The number of benzene rings is 2. The van der Waals surface area contributed by atoms with E-state index in [1.165, 1.54) is 0 Å². The number of hydrogen-bond acceptors (Lipinski definition) is 5. The van der Waals surface area contributed by atoms with Crippen molar-refractivity contribution in [1.29, 1.82) is 0 Å². The fraction of sp³-hybridized carbons (Fsp3) is 0.250. The first kappa shape index (κ1) is 21.1. The fourth-order valence-corrected chi connectivity index (χ4v) is 4.96. The van der Waals surface area contributed by atoms with Crippen LogP contribution in [0.25, 0.3) is 16.6 Å². The van der Waals surface area contributed by atoms with E-state index < -0.39 is 9.84 Å². The first-order chi connectivity index (χ1) is 14.6. The highest BCUT2D eigenvalue weighted by Crippen LogP contribution is 2.28. The van der Waals surface area contributed by atoms with Gasteiger partial charge in [-0.25, -0.2) is 18.1 Å². The third kappa shape index (κ3) is 4.05. The highest BCUT2D eigenvalue weighted by molar-refractivity contribution is 7.90. The number of pyridine rings is 1. The SMILES string of the molecule is Cc1cc(CS(=O)(=O)c2ccc(C(C)(C)C)cc2)n(-c2ncc(N)c3ccccc23)n1. The van der Waals surface area contributed by atoms with Crippen molar-refractivity contribution in [2.24, 2.45) is 0 Å². The summed E-state index contributed by atoms with van der Waals surface area (Å²) in [5, 5.41) is 6.21. The molecule has 2 aromatic heterocycles. The van der Waals surface area contributed by atoms with Gasteiger partial charge in [-0.2, -0.15) is 5.10 Å². The maximum Gasteiger partial charge on any atom is 0.184 e. The van der Waals surface area contributed by atoms with E-state index in [4.69, 9.17) is 5.73 Å². The number of aryl methyl sites for hydroxylation is 1. The number of hydrogen-bond donors (Lipinski definition) is 1. The van der Waals surface area contributed by atoms with Gasteiger partial charge in [-0.15, -0.1) is 0 Å². The predicted octanol–water partition coefficient (Wildman–Crippen LogP) is 4.58. The van der Waals surface area contributed by atoms with E-state index in [0.29, 0.717) is 22.1 Å². The van der Waals surface area contributed by atoms with E-state index in [9.17, 15) is 8.42 Å². The van der Waals surface area contributed by atoms with Crippen LogP contribution >= 0.6 is 0 Å². The van der Waals surface area contributed by atoms with Gasteiger partial charge >= 0.3 is 0 Å². The smallest absolute Gasteiger partial charge is 0.184 e. The zero-order valence-corrected chi connectivity index (χ0v) is 18.9. The van der Waals surface area contributed by atoms with Gasteiger partial charge in [0, 0.05) is 10.8 Å². The van der Waals surface area contributed by atoms with Crippen molar-refractivity contribution >= 4 is 26.3 Å². The lowest BCUT2D eigenvalue weighted by molar-refractivity contribution is 0.585. The van der Waals surface area contributed by atoms with Crippen molar-refractivity contribution in [1.82, 2.24) is 14.8 Å². The van der Waals surface area contributed by atoms with Crippen molar-refractivity contribution in [2.75, 3.05) is 5.73 Å². The molecule has 2 aromatic carbocycles. The maximum atomic E-state index is 13.2. The average Bonchev–Trinajstić information content (AvgIpc) is 3.07. The molecule has 31 heavy (non-hydrogen) atoms.